The number of rotatable bonds is 7. The molecule has 0 radical (unpaired) electrons. The van der Waals surface area contributed by atoms with Crippen molar-refractivity contribution in [1.82, 2.24) is 14.8 Å². The predicted molar refractivity (Wildman–Crippen MR) is 65.8 cm³/mol. The van der Waals surface area contributed by atoms with Crippen molar-refractivity contribution in [2.75, 3.05) is 26.5 Å². The smallest absolute Gasteiger partial charge is 0.191 e. The first-order valence-electron chi connectivity index (χ1n) is 5.41. The zero-order chi connectivity index (χ0) is 12.0. The summed E-state index contributed by atoms with van der Waals surface area (Å²) in [5.41, 5.74) is 5.51. The minimum absolute atomic E-state index is 0.259. The third-order valence-electron chi connectivity index (χ3n) is 2.37. The summed E-state index contributed by atoms with van der Waals surface area (Å²) in [6, 6.07) is 0.259. The Labute approximate surface area is 101 Å². The van der Waals surface area contributed by atoms with E-state index in [0.717, 1.165) is 23.8 Å². The lowest BCUT2D eigenvalue weighted by atomic mass is 10.2. The number of nitrogens with zero attached hydrogens (tertiary/aromatic N) is 3. The first-order chi connectivity index (χ1) is 7.74. The number of ether oxygens (including phenoxy) is 1. The number of hydrogen-bond donors (Lipinski definition) is 1. The van der Waals surface area contributed by atoms with Crippen LogP contribution in [0.2, 0.25) is 0 Å². The average Bonchev–Trinajstić information content (AvgIpc) is 2.69. The third kappa shape index (κ3) is 3.20. The van der Waals surface area contributed by atoms with Gasteiger partial charge in [-0.05, 0) is 26.1 Å². The van der Waals surface area contributed by atoms with Crippen LogP contribution in [0.4, 0.5) is 0 Å². The number of aromatic nitrogens is 3. The number of thioether (sulfide) groups is 1. The highest BCUT2D eigenvalue weighted by atomic mass is 32.2. The fraction of sp³-hybridized carbons (Fsp3) is 0.800. The van der Waals surface area contributed by atoms with Gasteiger partial charge in [0.05, 0.1) is 12.6 Å². The van der Waals surface area contributed by atoms with Gasteiger partial charge in [-0.2, -0.15) is 0 Å². The molecule has 0 amide bonds. The van der Waals surface area contributed by atoms with E-state index in [1.807, 2.05) is 6.26 Å². The van der Waals surface area contributed by atoms with Crippen LogP contribution in [0.15, 0.2) is 5.16 Å². The molecule has 1 atom stereocenters. The van der Waals surface area contributed by atoms with Crippen LogP contribution >= 0.6 is 11.8 Å². The summed E-state index contributed by atoms with van der Waals surface area (Å²) in [6.07, 6.45) is 3.82. The van der Waals surface area contributed by atoms with Crippen LogP contribution in [0, 0.1) is 0 Å². The maximum atomic E-state index is 5.51. The van der Waals surface area contributed by atoms with Gasteiger partial charge in [0.15, 0.2) is 5.16 Å². The van der Waals surface area contributed by atoms with E-state index in [2.05, 4.69) is 21.7 Å². The SMILES string of the molecule is COCC(C)n1c(CCCN)nnc1SC. The van der Waals surface area contributed by atoms with Crippen LogP contribution in [0.25, 0.3) is 0 Å². The van der Waals surface area contributed by atoms with Gasteiger partial charge < -0.3 is 15.0 Å². The van der Waals surface area contributed by atoms with Crippen molar-refractivity contribution in [1.29, 1.82) is 0 Å². The number of aryl methyl sites for hydroxylation is 1. The molecule has 0 saturated carbocycles. The van der Waals surface area contributed by atoms with Crippen LogP contribution in [0.5, 0.6) is 0 Å². The van der Waals surface area contributed by atoms with E-state index in [1.54, 1.807) is 18.9 Å². The lowest BCUT2D eigenvalue weighted by molar-refractivity contribution is 0.157. The Hall–Kier alpha value is -0.590. The van der Waals surface area contributed by atoms with E-state index < -0.39 is 0 Å². The maximum absolute atomic E-state index is 5.51. The van der Waals surface area contributed by atoms with Crippen LogP contribution in [0.1, 0.15) is 25.2 Å². The van der Waals surface area contributed by atoms with Crippen LogP contribution in [0.3, 0.4) is 0 Å². The Kier molecular flexibility index (Phi) is 5.79. The highest BCUT2D eigenvalue weighted by Crippen LogP contribution is 2.20. The molecule has 1 unspecified atom stereocenters. The Balaban J connectivity index is 2.86. The van der Waals surface area contributed by atoms with Gasteiger partial charge in [0.2, 0.25) is 0 Å². The number of methoxy groups -OCH3 is 1. The van der Waals surface area contributed by atoms with Crippen molar-refractivity contribution in [3.8, 4) is 0 Å². The molecule has 0 bridgehead atoms. The van der Waals surface area contributed by atoms with Crippen molar-refractivity contribution < 1.29 is 4.74 Å². The standard InChI is InChI=1S/C10H20N4OS/c1-8(7-15-2)14-9(5-4-6-11)12-13-10(14)16-3/h8H,4-7,11H2,1-3H3. The normalized spacial score (nSPS) is 13.0. The molecule has 0 aliphatic rings. The van der Waals surface area contributed by atoms with E-state index in [4.69, 9.17) is 10.5 Å². The van der Waals surface area contributed by atoms with Gasteiger partial charge in [-0.15, -0.1) is 10.2 Å². The fourth-order valence-corrected chi connectivity index (χ4v) is 2.24. The molecule has 0 spiro atoms. The monoisotopic (exact) mass is 244 g/mol. The van der Waals surface area contributed by atoms with Gasteiger partial charge in [-0.25, -0.2) is 0 Å². The van der Waals surface area contributed by atoms with Gasteiger partial charge in [0.25, 0.3) is 0 Å². The Morgan fingerprint density at radius 2 is 2.25 bits per heavy atom. The molecule has 0 aliphatic carbocycles. The molecule has 1 aromatic heterocycles. The summed E-state index contributed by atoms with van der Waals surface area (Å²) in [4.78, 5) is 0. The molecule has 6 heteroatoms. The lowest BCUT2D eigenvalue weighted by Gasteiger charge is -2.16. The molecule has 92 valence electrons. The first-order valence-corrected chi connectivity index (χ1v) is 6.63. The molecule has 1 rings (SSSR count). The van der Waals surface area contributed by atoms with E-state index in [-0.39, 0.29) is 6.04 Å². The van der Waals surface area contributed by atoms with Crippen LogP contribution in [-0.2, 0) is 11.2 Å². The number of nitrogens with two attached hydrogens (primary N) is 1. The van der Waals surface area contributed by atoms with Gasteiger partial charge in [-0.3, -0.25) is 0 Å². The molecular formula is C10H20N4OS. The Morgan fingerprint density at radius 1 is 1.50 bits per heavy atom. The summed E-state index contributed by atoms with van der Waals surface area (Å²) in [6.45, 7) is 3.46. The van der Waals surface area contributed by atoms with E-state index >= 15 is 0 Å². The average molecular weight is 244 g/mol. The number of hydrogen-bond acceptors (Lipinski definition) is 5. The van der Waals surface area contributed by atoms with Gasteiger partial charge in [0.1, 0.15) is 5.82 Å². The van der Waals surface area contributed by atoms with Crippen molar-refractivity contribution in [3.63, 3.8) is 0 Å². The summed E-state index contributed by atoms with van der Waals surface area (Å²) >= 11 is 1.61. The second-order valence-electron chi connectivity index (χ2n) is 3.67. The Bertz CT molecular complexity index is 316. The highest BCUT2D eigenvalue weighted by Gasteiger charge is 2.16. The van der Waals surface area contributed by atoms with Crippen molar-refractivity contribution >= 4 is 11.8 Å². The summed E-state index contributed by atoms with van der Waals surface area (Å²) in [5, 5.41) is 9.32. The first kappa shape index (κ1) is 13.5. The van der Waals surface area contributed by atoms with Crippen LogP contribution in [-0.4, -0.2) is 41.3 Å². The van der Waals surface area contributed by atoms with Gasteiger partial charge in [-0.1, -0.05) is 11.8 Å². The molecule has 0 fully saturated rings. The topological polar surface area (TPSA) is 66.0 Å². The highest BCUT2D eigenvalue weighted by molar-refractivity contribution is 7.98. The lowest BCUT2D eigenvalue weighted by Crippen LogP contribution is -2.16. The molecule has 16 heavy (non-hydrogen) atoms. The predicted octanol–water partition coefficient (Wildman–Crippen LogP) is 1.10. The van der Waals surface area contributed by atoms with Crippen molar-refractivity contribution in [2.45, 2.75) is 31.0 Å². The second kappa shape index (κ2) is 6.88. The largest absolute Gasteiger partial charge is 0.383 e. The molecule has 5 nitrogen and oxygen atoms in total. The van der Waals surface area contributed by atoms with Gasteiger partial charge >= 0.3 is 0 Å². The maximum Gasteiger partial charge on any atom is 0.191 e. The summed E-state index contributed by atoms with van der Waals surface area (Å²) in [5.74, 6) is 0.999. The second-order valence-corrected chi connectivity index (χ2v) is 4.44. The quantitative estimate of drug-likeness (QED) is 0.728. The minimum Gasteiger partial charge on any atom is -0.383 e. The van der Waals surface area contributed by atoms with E-state index in [9.17, 15) is 0 Å². The Morgan fingerprint density at radius 3 is 2.81 bits per heavy atom. The van der Waals surface area contributed by atoms with E-state index in [0.29, 0.717) is 13.2 Å². The molecule has 0 aliphatic heterocycles. The molecular weight excluding hydrogens is 224 g/mol. The zero-order valence-electron chi connectivity index (χ0n) is 10.1. The van der Waals surface area contributed by atoms with E-state index in [1.165, 1.54) is 0 Å². The zero-order valence-corrected chi connectivity index (χ0v) is 11.0. The van der Waals surface area contributed by atoms with Gasteiger partial charge in [0, 0.05) is 13.5 Å². The fourth-order valence-electron chi connectivity index (χ4n) is 1.64. The van der Waals surface area contributed by atoms with Crippen molar-refractivity contribution in [2.24, 2.45) is 5.73 Å². The van der Waals surface area contributed by atoms with Crippen LogP contribution < -0.4 is 5.73 Å². The minimum atomic E-state index is 0.259. The summed E-state index contributed by atoms with van der Waals surface area (Å²) < 4.78 is 7.32. The molecule has 2 N–H and O–H groups in total. The third-order valence-corrected chi connectivity index (χ3v) is 3.01. The molecule has 0 aromatic carbocycles. The van der Waals surface area contributed by atoms with Crippen molar-refractivity contribution in [3.05, 3.63) is 5.82 Å². The molecule has 1 heterocycles. The summed E-state index contributed by atoms with van der Waals surface area (Å²) in [7, 11) is 1.71. The molecule has 1 aromatic rings. The molecule has 0 saturated heterocycles.